The molecule has 0 aliphatic heterocycles. The Morgan fingerprint density at radius 3 is 1.97 bits per heavy atom. The third-order valence-electron chi connectivity index (χ3n) is 4.89. The van der Waals surface area contributed by atoms with Crippen LogP contribution in [0.5, 0.6) is 0 Å². The van der Waals surface area contributed by atoms with E-state index in [-0.39, 0.29) is 11.8 Å². The average molecular weight is 472 g/mol. The summed E-state index contributed by atoms with van der Waals surface area (Å²) in [4.78, 5) is 46.8. The van der Waals surface area contributed by atoms with Gasteiger partial charge in [-0.1, -0.05) is 19.8 Å². The molecular formula is C23H45N5O5. The largest absolute Gasteiger partial charge is 0.444 e. The first-order valence-corrected chi connectivity index (χ1v) is 12.0. The van der Waals surface area contributed by atoms with E-state index in [1.165, 1.54) is 0 Å². The molecule has 3 amide bonds. The summed E-state index contributed by atoms with van der Waals surface area (Å²) < 4.78 is 5.15. The van der Waals surface area contributed by atoms with Crippen molar-refractivity contribution in [3.63, 3.8) is 0 Å². The van der Waals surface area contributed by atoms with Gasteiger partial charge in [-0.15, -0.1) is 0 Å². The van der Waals surface area contributed by atoms with Crippen molar-refractivity contribution in [1.82, 2.24) is 16.0 Å². The van der Waals surface area contributed by atoms with E-state index in [1.807, 2.05) is 6.92 Å². The van der Waals surface area contributed by atoms with Gasteiger partial charge in [0.25, 0.3) is 0 Å². The maximum Gasteiger partial charge on any atom is 0.407 e. The van der Waals surface area contributed by atoms with Crippen molar-refractivity contribution in [2.75, 3.05) is 13.1 Å². The van der Waals surface area contributed by atoms with Crippen molar-refractivity contribution < 1.29 is 23.9 Å². The molecule has 33 heavy (non-hydrogen) atoms. The molecule has 3 unspecified atom stereocenters. The maximum absolute atomic E-state index is 12.1. The first-order valence-electron chi connectivity index (χ1n) is 12.0. The van der Waals surface area contributed by atoms with Crippen LogP contribution in [0.1, 0.15) is 85.5 Å². The predicted molar refractivity (Wildman–Crippen MR) is 128 cm³/mol. The summed E-state index contributed by atoms with van der Waals surface area (Å²) in [6.45, 7) is 8.33. The molecule has 0 aliphatic carbocycles. The van der Waals surface area contributed by atoms with Crippen LogP contribution in [0, 0.1) is 0 Å². The number of rotatable bonds is 17. The highest BCUT2D eigenvalue weighted by molar-refractivity contribution is 5.84. The molecule has 0 rings (SSSR count). The Balaban J connectivity index is 3.90. The summed E-state index contributed by atoms with van der Waals surface area (Å²) in [6.07, 6.45) is 6.41. The van der Waals surface area contributed by atoms with E-state index in [0.29, 0.717) is 58.0 Å². The Morgan fingerprint density at radius 1 is 0.848 bits per heavy atom. The van der Waals surface area contributed by atoms with Crippen molar-refractivity contribution in [2.45, 2.75) is 109 Å². The topological polar surface area (TPSA) is 166 Å². The number of ether oxygens (including phenoxy) is 1. The van der Waals surface area contributed by atoms with Crippen LogP contribution >= 0.6 is 0 Å². The number of nitrogens with two attached hydrogens (primary N) is 2. The van der Waals surface area contributed by atoms with Gasteiger partial charge in [0, 0.05) is 13.1 Å². The average Bonchev–Trinajstić information content (AvgIpc) is 2.74. The lowest BCUT2D eigenvalue weighted by atomic mass is 10.1. The Hall–Kier alpha value is -2.20. The van der Waals surface area contributed by atoms with E-state index in [2.05, 4.69) is 16.0 Å². The Kier molecular flexibility index (Phi) is 16.1. The third-order valence-corrected chi connectivity index (χ3v) is 4.89. The highest BCUT2D eigenvalue weighted by Crippen LogP contribution is 2.07. The SMILES string of the molecule is CCCCC(N)C(=O)NC(C=O)CCCCNC(=O)C(N)CCCCNC(=O)OC(C)(C)C. The van der Waals surface area contributed by atoms with Gasteiger partial charge in [0.1, 0.15) is 11.9 Å². The maximum atomic E-state index is 12.1. The molecule has 0 fully saturated rings. The van der Waals surface area contributed by atoms with E-state index >= 15 is 0 Å². The second-order valence-corrected chi connectivity index (χ2v) is 9.32. The van der Waals surface area contributed by atoms with Gasteiger partial charge in [-0.3, -0.25) is 9.59 Å². The number of carbonyl (C=O) groups is 4. The second kappa shape index (κ2) is 17.3. The van der Waals surface area contributed by atoms with Crippen LogP contribution in [-0.2, 0) is 19.1 Å². The molecule has 0 aromatic heterocycles. The minimum absolute atomic E-state index is 0.225. The summed E-state index contributed by atoms with van der Waals surface area (Å²) in [5, 5.41) is 8.13. The van der Waals surface area contributed by atoms with E-state index in [0.717, 1.165) is 19.1 Å². The van der Waals surface area contributed by atoms with Crippen LogP contribution in [0.25, 0.3) is 0 Å². The smallest absolute Gasteiger partial charge is 0.407 e. The standard InChI is InChI=1S/C23H45N5O5/c1-5-6-12-19(25)21(31)28-17(16-29)11-7-9-14-26-20(30)18(24)13-8-10-15-27-22(32)33-23(2,3)4/h16-19H,5-15,24-25H2,1-4H3,(H,26,30)(H,27,32)(H,28,31). The Labute approximate surface area is 198 Å². The van der Waals surface area contributed by atoms with Gasteiger partial charge >= 0.3 is 6.09 Å². The van der Waals surface area contributed by atoms with Gasteiger partial charge < -0.3 is 36.9 Å². The summed E-state index contributed by atoms with van der Waals surface area (Å²) in [7, 11) is 0. The van der Waals surface area contributed by atoms with Crippen molar-refractivity contribution >= 4 is 24.2 Å². The zero-order valence-corrected chi connectivity index (χ0v) is 20.8. The minimum Gasteiger partial charge on any atom is -0.444 e. The zero-order valence-electron chi connectivity index (χ0n) is 20.8. The number of aldehydes is 1. The molecule has 0 saturated carbocycles. The van der Waals surface area contributed by atoms with Crippen molar-refractivity contribution in [2.24, 2.45) is 11.5 Å². The van der Waals surface area contributed by atoms with Crippen LogP contribution in [-0.4, -0.2) is 61.0 Å². The lowest BCUT2D eigenvalue weighted by Crippen LogP contribution is -2.46. The Morgan fingerprint density at radius 2 is 1.39 bits per heavy atom. The van der Waals surface area contributed by atoms with E-state index in [1.54, 1.807) is 20.8 Å². The van der Waals surface area contributed by atoms with E-state index in [4.69, 9.17) is 16.2 Å². The van der Waals surface area contributed by atoms with Gasteiger partial charge in [-0.05, 0) is 65.7 Å². The quantitative estimate of drug-likeness (QED) is 0.158. The molecule has 0 saturated heterocycles. The number of hydrogen-bond donors (Lipinski definition) is 5. The molecule has 0 aromatic carbocycles. The molecule has 0 bridgehead atoms. The van der Waals surface area contributed by atoms with Gasteiger partial charge in [0.05, 0.1) is 18.1 Å². The minimum atomic E-state index is -0.613. The van der Waals surface area contributed by atoms with Crippen LogP contribution in [0.3, 0.4) is 0 Å². The first-order chi connectivity index (χ1) is 15.5. The normalized spacial score (nSPS) is 14.0. The van der Waals surface area contributed by atoms with Crippen molar-refractivity contribution in [1.29, 1.82) is 0 Å². The van der Waals surface area contributed by atoms with Gasteiger partial charge in [0.15, 0.2) is 0 Å². The van der Waals surface area contributed by atoms with Crippen molar-refractivity contribution in [3.05, 3.63) is 0 Å². The molecule has 0 radical (unpaired) electrons. The van der Waals surface area contributed by atoms with E-state index < -0.39 is 29.8 Å². The first kappa shape index (κ1) is 30.8. The molecule has 0 heterocycles. The molecule has 0 aliphatic rings. The number of carbonyl (C=O) groups excluding carboxylic acids is 4. The van der Waals surface area contributed by atoms with Crippen LogP contribution in [0.4, 0.5) is 4.79 Å². The molecule has 0 spiro atoms. The van der Waals surface area contributed by atoms with Crippen LogP contribution in [0.2, 0.25) is 0 Å². The zero-order chi connectivity index (χ0) is 25.3. The highest BCUT2D eigenvalue weighted by atomic mass is 16.6. The molecule has 7 N–H and O–H groups in total. The predicted octanol–water partition coefficient (Wildman–Crippen LogP) is 1.50. The molecule has 10 heteroatoms. The number of alkyl carbamates (subject to hydrolysis) is 1. The molecule has 10 nitrogen and oxygen atoms in total. The van der Waals surface area contributed by atoms with Gasteiger partial charge in [-0.2, -0.15) is 0 Å². The lowest BCUT2D eigenvalue weighted by molar-refractivity contribution is -0.125. The summed E-state index contributed by atoms with van der Waals surface area (Å²) in [5.74, 6) is -0.529. The fourth-order valence-electron chi connectivity index (χ4n) is 2.98. The number of amides is 3. The summed E-state index contributed by atoms with van der Waals surface area (Å²) >= 11 is 0. The lowest BCUT2D eigenvalue weighted by Gasteiger charge is -2.19. The van der Waals surface area contributed by atoms with Gasteiger partial charge in [0.2, 0.25) is 11.8 Å². The van der Waals surface area contributed by atoms with Gasteiger partial charge in [-0.25, -0.2) is 4.79 Å². The van der Waals surface area contributed by atoms with Crippen molar-refractivity contribution in [3.8, 4) is 0 Å². The molecule has 0 aromatic rings. The molecular weight excluding hydrogens is 426 g/mol. The van der Waals surface area contributed by atoms with E-state index in [9.17, 15) is 19.2 Å². The van der Waals surface area contributed by atoms with Crippen LogP contribution in [0.15, 0.2) is 0 Å². The fourth-order valence-corrected chi connectivity index (χ4v) is 2.98. The second-order valence-electron chi connectivity index (χ2n) is 9.32. The van der Waals surface area contributed by atoms with Crippen LogP contribution < -0.4 is 27.4 Å². The molecule has 3 atom stereocenters. The number of unbranched alkanes of at least 4 members (excludes halogenated alkanes) is 3. The molecule has 192 valence electrons. The summed E-state index contributed by atoms with van der Waals surface area (Å²) in [5.41, 5.74) is 11.2. The number of nitrogens with one attached hydrogen (secondary N) is 3. The summed E-state index contributed by atoms with van der Waals surface area (Å²) in [6, 6.07) is -1.78. The highest BCUT2D eigenvalue weighted by Gasteiger charge is 2.18. The third kappa shape index (κ3) is 17.0. The number of hydrogen-bond acceptors (Lipinski definition) is 7. The Bertz CT molecular complexity index is 594. The monoisotopic (exact) mass is 471 g/mol. The fraction of sp³-hybridized carbons (Fsp3) is 0.826.